The average Bonchev–Trinajstić information content (AvgIpc) is 2.87. The molecule has 0 aliphatic rings. The average molecular weight is 260 g/mol. The molecule has 0 atom stereocenters. The number of nitrogens with one attached hydrogen (secondary N) is 1. The lowest BCUT2D eigenvalue weighted by Crippen LogP contribution is -1.95. The number of carbonyl (C=O) groups is 1. The quantitative estimate of drug-likeness (QED) is 0.781. The maximum atomic E-state index is 10.7. The lowest BCUT2D eigenvalue weighted by atomic mass is 10.1. The minimum atomic E-state index is -1.08. The van der Waals surface area contributed by atoms with E-state index in [1.54, 1.807) is 24.3 Å². The normalized spacial score (nSPS) is 10.8. The Morgan fingerprint density at radius 2 is 2.16 bits per heavy atom. The van der Waals surface area contributed by atoms with Gasteiger partial charge in [0.05, 0.1) is 12.8 Å². The molecular weight excluding hydrogens is 248 g/mol. The fourth-order valence-electron chi connectivity index (χ4n) is 1.52. The van der Waals surface area contributed by atoms with E-state index in [1.165, 1.54) is 19.2 Å². The van der Waals surface area contributed by atoms with E-state index in [-0.39, 0.29) is 11.4 Å². The molecule has 0 bridgehead atoms. The van der Waals surface area contributed by atoms with Gasteiger partial charge in [-0.15, -0.1) is 0 Å². The summed E-state index contributed by atoms with van der Waals surface area (Å²) in [5.74, 6) is -0.644. The summed E-state index contributed by atoms with van der Waals surface area (Å²) >= 11 is 0. The van der Waals surface area contributed by atoms with E-state index in [0.717, 1.165) is 5.56 Å². The van der Waals surface area contributed by atoms with Crippen LogP contribution in [-0.2, 0) is 0 Å². The van der Waals surface area contributed by atoms with Crippen LogP contribution in [0.4, 0.5) is 0 Å². The van der Waals surface area contributed by atoms with Gasteiger partial charge in [0.1, 0.15) is 0 Å². The molecule has 98 valence electrons. The summed E-state index contributed by atoms with van der Waals surface area (Å²) in [5, 5.41) is 24.4. The Bertz CT molecular complexity index is 631. The monoisotopic (exact) mass is 260 g/mol. The SMILES string of the molecule is COc1cc(C=Cc2cc(C(=O)O)n[nH]2)ccc1O. The van der Waals surface area contributed by atoms with Gasteiger partial charge in [-0.3, -0.25) is 5.10 Å². The highest BCUT2D eigenvalue weighted by Crippen LogP contribution is 2.26. The molecule has 1 aromatic carbocycles. The molecule has 1 heterocycles. The molecule has 0 aliphatic carbocycles. The van der Waals surface area contributed by atoms with Gasteiger partial charge in [-0.2, -0.15) is 5.10 Å². The number of phenolic OH excluding ortho intramolecular Hbond substituents is 1. The number of aromatic hydroxyl groups is 1. The van der Waals surface area contributed by atoms with Gasteiger partial charge in [-0.25, -0.2) is 4.79 Å². The molecule has 2 aromatic rings. The Balaban J connectivity index is 2.19. The van der Waals surface area contributed by atoms with Gasteiger partial charge in [0.15, 0.2) is 17.2 Å². The first-order valence-electron chi connectivity index (χ1n) is 5.44. The number of hydrogen-bond acceptors (Lipinski definition) is 4. The largest absolute Gasteiger partial charge is 0.504 e. The number of benzene rings is 1. The van der Waals surface area contributed by atoms with Crippen molar-refractivity contribution in [1.29, 1.82) is 0 Å². The Labute approximate surface area is 109 Å². The molecule has 19 heavy (non-hydrogen) atoms. The first-order chi connectivity index (χ1) is 9.10. The van der Waals surface area contributed by atoms with E-state index in [1.807, 2.05) is 0 Å². The fourth-order valence-corrected chi connectivity index (χ4v) is 1.52. The van der Waals surface area contributed by atoms with Gasteiger partial charge in [-0.1, -0.05) is 12.1 Å². The Morgan fingerprint density at radius 3 is 2.79 bits per heavy atom. The van der Waals surface area contributed by atoms with Crippen molar-refractivity contribution in [2.75, 3.05) is 7.11 Å². The first-order valence-corrected chi connectivity index (χ1v) is 5.44. The van der Waals surface area contributed by atoms with Gasteiger partial charge < -0.3 is 14.9 Å². The molecule has 6 heteroatoms. The number of methoxy groups -OCH3 is 1. The lowest BCUT2D eigenvalue weighted by molar-refractivity contribution is 0.0690. The van der Waals surface area contributed by atoms with Crippen molar-refractivity contribution < 1.29 is 19.7 Å². The van der Waals surface area contributed by atoms with Crippen molar-refractivity contribution in [3.8, 4) is 11.5 Å². The number of aromatic nitrogens is 2. The maximum absolute atomic E-state index is 10.7. The van der Waals surface area contributed by atoms with Gasteiger partial charge in [0, 0.05) is 0 Å². The number of aromatic amines is 1. The number of carboxylic acids is 1. The molecule has 0 spiro atoms. The Hall–Kier alpha value is -2.76. The molecular formula is C13H12N2O4. The number of phenols is 1. The van der Waals surface area contributed by atoms with Gasteiger partial charge >= 0.3 is 5.97 Å². The van der Waals surface area contributed by atoms with E-state index < -0.39 is 5.97 Å². The second kappa shape index (κ2) is 5.26. The standard InChI is InChI=1S/C13H12N2O4/c1-19-12-6-8(3-5-11(12)16)2-4-9-7-10(13(17)18)15-14-9/h2-7,16H,1H3,(H,14,15)(H,17,18). The molecule has 0 unspecified atom stereocenters. The smallest absolute Gasteiger partial charge is 0.356 e. The minimum Gasteiger partial charge on any atom is -0.504 e. The molecule has 0 fully saturated rings. The third-order valence-electron chi connectivity index (χ3n) is 2.48. The zero-order valence-electron chi connectivity index (χ0n) is 10.1. The van der Waals surface area contributed by atoms with E-state index in [9.17, 15) is 9.90 Å². The minimum absolute atomic E-state index is 0.0389. The lowest BCUT2D eigenvalue weighted by Gasteiger charge is -2.03. The summed E-state index contributed by atoms with van der Waals surface area (Å²) in [6.07, 6.45) is 3.44. The zero-order chi connectivity index (χ0) is 13.8. The van der Waals surface area contributed by atoms with Crippen molar-refractivity contribution in [2.24, 2.45) is 0 Å². The van der Waals surface area contributed by atoms with Crippen LogP contribution >= 0.6 is 0 Å². The number of hydrogen-bond donors (Lipinski definition) is 3. The van der Waals surface area contributed by atoms with E-state index in [0.29, 0.717) is 11.4 Å². The topological polar surface area (TPSA) is 95.4 Å². The molecule has 2 rings (SSSR count). The molecule has 0 amide bonds. The third-order valence-corrected chi connectivity index (χ3v) is 2.48. The van der Waals surface area contributed by atoms with Gasteiger partial charge in [-0.05, 0) is 29.8 Å². The molecule has 0 radical (unpaired) electrons. The number of ether oxygens (including phenoxy) is 1. The summed E-state index contributed by atoms with van der Waals surface area (Å²) in [6, 6.07) is 6.33. The summed E-state index contributed by atoms with van der Waals surface area (Å²) in [5.41, 5.74) is 1.34. The van der Waals surface area contributed by atoms with Crippen molar-refractivity contribution >= 4 is 18.1 Å². The van der Waals surface area contributed by atoms with E-state index in [2.05, 4.69) is 10.2 Å². The second-order valence-corrected chi connectivity index (χ2v) is 3.78. The second-order valence-electron chi connectivity index (χ2n) is 3.78. The molecule has 6 nitrogen and oxygen atoms in total. The number of aromatic carboxylic acids is 1. The maximum Gasteiger partial charge on any atom is 0.356 e. The third kappa shape index (κ3) is 2.92. The van der Waals surface area contributed by atoms with Crippen LogP contribution in [0.1, 0.15) is 21.7 Å². The van der Waals surface area contributed by atoms with Gasteiger partial charge in [0.2, 0.25) is 0 Å². The van der Waals surface area contributed by atoms with E-state index >= 15 is 0 Å². The van der Waals surface area contributed by atoms with Crippen molar-refractivity contribution in [3.63, 3.8) is 0 Å². The number of carboxylic acid groups (broad SMARTS) is 1. The first kappa shape index (κ1) is 12.7. The number of nitrogens with zero attached hydrogens (tertiary/aromatic N) is 1. The highest BCUT2D eigenvalue weighted by atomic mass is 16.5. The van der Waals surface area contributed by atoms with E-state index in [4.69, 9.17) is 9.84 Å². The molecule has 0 aliphatic heterocycles. The Kier molecular flexibility index (Phi) is 3.51. The van der Waals surface area contributed by atoms with Crippen LogP contribution in [0, 0.1) is 0 Å². The highest BCUT2D eigenvalue weighted by Gasteiger charge is 2.06. The summed E-state index contributed by atoms with van der Waals surface area (Å²) in [4.78, 5) is 10.7. The van der Waals surface area contributed by atoms with Crippen LogP contribution in [0.15, 0.2) is 24.3 Å². The summed E-state index contributed by atoms with van der Waals surface area (Å²) in [7, 11) is 1.47. The molecule has 1 aromatic heterocycles. The number of H-pyrrole nitrogens is 1. The van der Waals surface area contributed by atoms with Crippen LogP contribution in [0.5, 0.6) is 11.5 Å². The molecule has 3 N–H and O–H groups in total. The van der Waals surface area contributed by atoms with Crippen LogP contribution in [0.25, 0.3) is 12.2 Å². The van der Waals surface area contributed by atoms with Gasteiger partial charge in [0.25, 0.3) is 0 Å². The summed E-state index contributed by atoms with van der Waals surface area (Å²) in [6.45, 7) is 0. The zero-order valence-corrected chi connectivity index (χ0v) is 10.1. The summed E-state index contributed by atoms with van der Waals surface area (Å²) < 4.78 is 4.99. The predicted molar refractivity (Wildman–Crippen MR) is 69.1 cm³/mol. The Morgan fingerprint density at radius 1 is 1.37 bits per heavy atom. The van der Waals surface area contributed by atoms with Crippen LogP contribution < -0.4 is 4.74 Å². The molecule has 0 saturated heterocycles. The molecule has 0 saturated carbocycles. The van der Waals surface area contributed by atoms with Crippen LogP contribution in [0.2, 0.25) is 0 Å². The number of rotatable bonds is 4. The highest BCUT2D eigenvalue weighted by molar-refractivity contribution is 5.86. The van der Waals surface area contributed by atoms with Crippen LogP contribution in [0.3, 0.4) is 0 Å². The predicted octanol–water partition coefficient (Wildman–Crippen LogP) is 1.99. The van der Waals surface area contributed by atoms with Crippen molar-refractivity contribution in [3.05, 3.63) is 41.2 Å². The fraction of sp³-hybridized carbons (Fsp3) is 0.0769. The van der Waals surface area contributed by atoms with Crippen molar-refractivity contribution in [2.45, 2.75) is 0 Å². The van der Waals surface area contributed by atoms with Crippen LogP contribution in [-0.4, -0.2) is 33.5 Å². The van der Waals surface area contributed by atoms with Crippen molar-refractivity contribution in [1.82, 2.24) is 10.2 Å².